The van der Waals surface area contributed by atoms with Crippen molar-refractivity contribution in [3.05, 3.63) is 92.6 Å². The number of benzene rings is 2. The van der Waals surface area contributed by atoms with Gasteiger partial charge >= 0.3 is 0 Å². The van der Waals surface area contributed by atoms with Crippen LogP contribution in [-0.4, -0.2) is 31.4 Å². The molecular weight excluding hydrogens is 561 g/mol. The molecule has 0 fully saturated rings. The third-order valence-corrected chi connectivity index (χ3v) is 7.66. The van der Waals surface area contributed by atoms with Crippen molar-refractivity contribution >= 4 is 68.9 Å². The van der Waals surface area contributed by atoms with Gasteiger partial charge in [-0.25, -0.2) is 4.98 Å². The van der Waals surface area contributed by atoms with Crippen molar-refractivity contribution in [3.8, 4) is 17.3 Å². The summed E-state index contributed by atoms with van der Waals surface area (Å²) in [6, 6.07) is 16.2. The smallest absolute Gasteiger partial charge is 0.236 e. The van der Waals surface area contributed by atoms with E-state index < -0.39 is 0 Å². The molecule has 5 rings (SSSR count). The molecular formula is C24H16Cl3N5O2S2. The average molecular weight is 577 g/mol. The van der Waals surface area contributed by atoms with Crippen LogP contribution in [0.25, 0.3) is 17.3 Å². The molecule has 0 bridgehead atoms. The van der Waals surface area contributed by atoms with Crippen LogP contribution in [0.1, 0.15) is 10.4 Å². The fourth-order valence-electron chi connectivity index (χ4n) is 3.35. The van der Waals surface area contributed by atoms with Crippen LogP contribution in [0.15, 0.2) is 76.6 Å². The van der Waals surface area contributed by atoms with Crippen LogP contribution < -0.4 is 5.32 Å². The summed E-state index contributed by atoms with van der Waals surface area (Å²) >= 11 is 21.0. The van der Waals surface area contributed by atoms with Gasteiger partial charge in [-0.1, -0.05) is 46.6 Å². The third kappa shape index (κ3) is 5.77. The first kappa shape index (κ1) is 24.9. The molecule has 1 N–H and O–H groups in total. The summed E-state index contributed by atoms with van der Waals surface area (Å²) in [6.07, 6.45) is 3.86. The fourth-order valence-corrected chi connectivity index (χ4v) is 5.46. The number of nitrogens with one attached hydrogen (secondary N) is 1. The predicted molar refractivity (Wildman–Crippen MR) is 145 cm³/mol. The van der Waals surface area contributed by atoms with Gasteiger partial charge in [0.2, 0.25) is 11.7 Å². The quantitative estimate of drug-likeness (QED) is 0.196. The highest BCUT2D eigenvalue weighted by Gasteiger charge is 2.19. The molecule has 0 aliphatic rings. The molecule has 1 amide bonds. The Hall–Kier alpha value is -2.82. The van der Waals surface area contributed by atoms with Gasteiger partial charge in [0, 0.05) is 38.3 Å². The third-order valence-electron chi connectivity index (χ3n) is 4.96. The van der Waals surface area contributed by atoms with E-state index in [2.05, 4.69) is 20.5 Å². The number of rotatable bonds is 8. The maximum absolute atomic E-state index is 12.7. The maximum Gasteiger partial charge on any atom is 0.236 e. The van der Waals surface area contributed by atoms with Crippen molar-refractivity contribution in [1.82, 2.24) is 19.7 Å². The molecule has 0 atom stereocenters. The van der Waals surface area contributed by atoms with Crippen molar-refractivity contribution in [1.29, 1.82) is 0 Å². The number of aromatic nitrogens is 4. The van der Waals surface area contributed by atoms with Crippen molar-refractivity contribution in [3.63, 3.8) is 0 Å². The van der Waals surface area contributed by atoms with Gasteiger partial charge in [0.1, 0.15) is 0 Å². The largest absolute Gasteiger partial charge is 0.461 e. The molecule has 12 heteroatoms. The van der Waals surface area contributed by atoms with E-state index in [1.54, 1.807) is 48.9 Å². The molecule has 0 saturated heterocycles. The zero-order valence-corrected chi connectivity index (χ0v) is 22.2. The number of carbonyl (C=O) groups is 1. The van der Waals surface area contributed by atoms with Crippen molar-refractivity contribution in [2.24, 2.45) is 0 Å². The van der Waals surface area contributed by atoms with Crippen molar-refractivity contribution in [2.45, 2.75) is 11.6 Å². The summed E-state index contributed by atoms with van der Waals surface area (Å²) in [5.41, 5.74) is 1.69. The number of hydrogen-bond donors (Lipinski definition) is 1. The average Bonchev–Trinajstić information content (AvgIpc) is 3.62. The first-order chi connectivity index (χ1) is 17.5. The zero-order valence-electron chi connectivity index (χ0n) is 18.3. The van der Waals surface area contributed by atoms with Crippen LogP contribution in [0.5, 0.6) is 0 Å². The topological polar surface area (TPSA) is 85.8 Å². The van der Waals surface area contributed by atoms with Crippen LogP contribution >= 0.6 is 57.9 Å². The second kappa shape index (κ2) is 11.1. The molecule has 0 aliphatic heterocycles. The normalized spacial score (nSPS) is 11.1. The number of halogens is 3. The van der Waals surface area contributed by atoms with E-state index in [1.807, 2.05) is 22.8 Å². The second-order valence-electron chi connectivity index (χ2n) is 7.48. The zero-order chi connectivity index (χ0) is 25.1. The Morgan fingerprint density at radius 2 is 1.86 bits per heavy atom. The number of thioether (sulfide) groups is 1. The van der Waals surface area contributed by atoms with Crippen LogP contribution in [0.4, 0.5) is 5.13 Å². The van der Waals surface area contributed by atoms with E-state index in [0.29, 0.717) is 43.4 Å². The van der Waals surface area contributed by atoms with Gasteiger partial charge in [0.15, 0.2) is 16.0 Å². The summed E-state index contributed by atoms with van der Waals surface area (Å²) in [5.74, 6) is 0.976. The Morgan fingerprint density at radius 1 is 1.06 bits per heavy atom. The molecule has 2 aromatic carbocycles. The molecule has 7 nitrogen and oxygen atoms in total. The van der Waals surface area contributed by atoms with Gasteiger partial charge < -0.3 is 9.73 Å². The lowest BCUT2D eigenvalue weighted by atomic mass is 10.1. The Balaban J connectivity index is 1.27. The molecule has 0 spiro atoms. The van der Waals surface area contributed by atoms with Crippen LogP contribution in [0, 0.1) is 0 Å². The molecule has 182 valence electrons. The van der Waals surface area contributed by atoms with E-state index in [0.717, 1.165) is 16.1 Å². The van der Waals surface area contributed by atoms with Crippen LogP contribution in [-0.2, 0) is 11.2 Å². The molecule has 0 saturated carbocycles. The minimum absolute atomic E-state index is 0.110. The Labute approximate surface area is 229 Å². The highest BCUT2D eigenvalue weighted by molar-refractivity contribution is 7.99. The Kier molecular flexibility index (Phi) is 7.64. The number of furan rings is 1. The lowest BCUT2D eigenvalue weighted by molar-refractivity contribution is -0.113. The summed E-state index contributed by atoms with van der Waals surface area (Å²) in [4.78, 5) is 17.9. The number of thiazole rings is 1. The number of amides is 1. The lowest BCUT2D eigenvalue weighted by Crippen LogP contribution is -2.14. The summed E-state index contributed by atoms with van der Waals surface area (Å²) in [6.45, 7) is 0. The number of carbonyl (C=O) groups excluding carboxylic acids is 1. The van der Waals surface area contributed by atoms with Gasteiger partial charge in [0.05, 0.1) is 12.0 Å². The summed E-state index contributed by atoms with van der Waals surface area (Å²) in [5, 5.41) is 14.3. The predicted octanol–water partition coefficient (Wildman–Crippen LogP) is 7.27. The van der Waals surface area contributed by atoms with E-state index in [1.165, 1.54) is 23.1 Å². The van der Waals surface area contributed by atoms with E-state index in [9.17, 15) is 4.79 Å². The second-order valence-corrected chi connectivity index (χ2v) is 10.8. The van der Waals surface area contributed by atoms with E-state index in [4.69, 9.17) is 39.2 Å². The first-order valence-electron chi connectivity index (χ1n) is 10.5. The van der Waals surface area contributed by atoms with E-state index in [-0.39, 0.29) is 11.7 Å². The maximum atomic E-state index is 12.7. The van der Waals surface area contributed by atoms with Gasteiger partial charge in [0.25, 0.3) is 0 Å². The molecule has 0 radical (unpaired) electrons. The monoisotopic (exact) mass is 575 g/mol. The Morgan fingerprint density at radius 3 is 2.64 bits per heavy atom. The highest BCUT2D eigenvalue weighted by Crippen LogP contribution is 2.30. The molecule has 36 heavy (non-hydrogen) atoms. The molecule has 0 unspecified atom stereocenters. The van der Waals surface area contributed by atoms with Crippen LogP contribution in [0.2, 0.25) is 15.1 Å². The minimum atomic E-state index is -0.216. The lowest BCUT2D eigenvalue weighted by Gasteiger charge is -2.09. The summed E-state index contributed by atoms with van der Waals surface area (Å²) in [7, 11) is 0. The SMILES string of the molecule is O=C(CSc1nnc(-c2ccco2)n1-c1ccc(Cl)cc1)Nc1ncc(Cc2cc(Cl)ccc2Cl)s1. The first-order valence-corrected chi connectivity index (χ1v) is 13.5. The Bertz CT molecular complexity index is 1500. The molecule has 3 aromatic heterocycles. The van der Waals surface area contributed by atoms with Crippen molar-refractivity contribution < 1.29 is 9.21 Å². The number of anilines is 1. The van der Waals surface area contributed by atoms with E-state index >= 15 is 0 Å². The molecule has 5 aromatic rings. The van der Waals surface area contributed by atoms with Gasteiger partial charge in [-0.3, -0.25) is 9.36 Å². The van der Waals surface area contributed by atoms with Gasteiger partial charge in [-0.2, -0.15) is 0 Å². The van der Waals surface area contributed by atoms with Crippen LogP contribution in [0.3, 0.4) is 0 Å². The standard InChI is InChI=1S/C24H16Cl3N5O2S2/c25-15-3-6-17(7-4-15)32-22(20-2-1-9-34-20)30-31-24(32)35-13-21(33)29-23-28-12-18(36-23)11-14-10-16(26)5-8-19(14)27/h1-10,12H,11,13H2,(H,28,29,33). The molecule has 0 aliphatic carbocycles. The van der Waals surface area contributed by atoms with Gasteiger partial charge in [-0.05, 0) is 60.2 Å². The number of hydrogen-bond acceptors (Lipinski definition) is 7. The minimum Gasteiger partial charge on any atom is -0.461 e. The van der Waals surface area contributed by atoms with Crippen molar-refractivity contribution in [2.75, 3.05) is 11.1 Å². The van der Waals surface area contributed by atoms with Gasteiger partial charge in [-0.15, -0.1) is 21.5 Å². The number of nitrogens with zero attached hydrogens (tertiary/aromatic N) is 4. The highest BCUT2D eigenvalue weighted by atomic mass is 35.5. The fraction of sp³-hybridized carbons (Fsp3) is 0.0833. The summed E-state index contributed by atoms with van der Waals surface area (Å²) < 4.78 is 7.34. The molecule has 3 heterocycles.